The number of carbonyl (C=O) groups is 1. The van der Waals surface area contributed by atoms with Crippen LogP contribution in [0.1, 0.15) is 28.7 Å². The van der Waals surface area contributed by atoms with E-state index in [9.17, 15) is 4.79 Å². The number of hydrogen-bond donors (Lipinski definition) is 1. The van der Waals surface area contributed by atoms with E-state index in [1.165, 1.54) is 0 Å². The molecule has 0 bridgehead atoms. The molecule has 2 aromatic carbocycles. The number of rotatable bonds is 8. The van der Waals surface area contributed by atoms with Crippen molar-refractivity contribution in [2.45, 2.75) is 26.4 Å². The number of para-hydroxylation sites is 2. The van der Waals surface area contributed by atoms with Gasteiger partial charge in [0.1, 0.15) is 5.75 Å². The summed E-state index contributed by atoms with van der Waals surface area (Å²) in [6.07, 6.45) is 0.768. The van der Waals surface area contributed by atoms with Crippen molar-refractivity contribution in [2.75, 3.05) is 19.5 Å². The van der Waals surface area contributed by atoms with Gasteiger partial charge < -0.3 is 19.5 Å². The molecule has 1 aromatic heterocycles. The Morgan fingerprint density at radius 3 is 2.50 bits per heavy atom. The van der Waals surface area contributed by atoms with Crippen LogP contribution in [0.15, 0.2) is 60.7 Å². The average molecular weight is 406 g/mol. The summed E-state index contributed by atoms with van der Waals surface area (Å²) in [7, 11) is 3.27. The predicted molar refractivity (Wildman–Crippen MR) is 117 cm³/mol. The fourth-order valence-electron chi connectivity index (χ4n) is 3.01. The lowest BCUT2D eigenvalue weighted by Gasteiger charge is -2.13. The van der Waals surface area contributed by atoms with E-state index in [2.05, 4.69) is 10.3 Å². The molecule has 1 N–H and O–H groups in total. The normalized spacial score (nSPS) is 11.6. The largest absolute Gasteiger partial charge is 0.493 e. The first-order chi connectivity index (χ1) is 14.5. The topological polar surface area (TPSA) is 69.7 Å². The molecule has 0 aliphatic heterocycles. The van der Waals surface area contributed by atoms with E-state index >= 15 is 0 Å². The van der Waals surface area contributed by atoms with Gasteiger partial charge in [0.05, 0.1) is 24.5 Å². The second-order valence-electron chi connectivity index (χ2n) is 6.92. The second kappa shape index (κ2) is 9.89. The van der Waals surface area contributed by atoms with E-state index in [1.54, 1.807) is 26.4 Å². The highest BCUT2D eigenvalue weighted by molar-refractivity contribution is 6.05. The molecule has 156 valence electrons. The lowest BCUT2D eigenvalue weighted by atomic mass is 10.1. The number of aryl methyl sites for hydroxylation is 1. The summed E-state index contributed by atoms with van der Waals surface area (Å²) in [6.45, 7) is 3.81. The molecular weight excluding hydrogens is 380 g/mol. The van der Waals surface area contributed by atoms with Crippen LogP contribution < -0.4 is 14.8 Å². The van der Waals surface area contributed by atoms with Crippen molar-refractivity contribution in [3.8, 4) is 17.2 Å². The van der Waals surface area contributed by atoms with Gasteiger partial charge in [-0.05, 0) is 50.2 Å². The van der Waals surface area contributed by atoms with E-state index in [0.29, 0.717) is 40.6 Å². The molecule has 1 amide bonds. The number of benzene rings is 2. The Balaban J connectivity index is 1.72. The molecule has 6 heteroatoms. The van der Waals surface area contributed by atoms with Gasteiger partial charge in [-0.2, -0.15) is 0 Å². The lowest BCUT2D eigenvalue weighted by Crippen LogP contribution is -2.16. The van der Waals surface area contributed by atoms with E-state index in [4.69, 9.17) is 14.2 Å². The molecule has 0 spiro atoms. The van der Waals surface area contributed by atoms with E-state index in [0.717, 1.165) is 5.69 Å². The van der Waals surface area contributed by atoms with Gasteiger partial charge in [-0.25, -0.2) is 0 Å². The van der Waals surface area contributed by atoms with Crippen molar-refractivity contribution >= 4 is 11.6 Å². The van der Waals surface area contributed by atoms with Crippen molar-refractivity contribution in [3.05, 3.63) is 77.6 Å². The first kappa shape index (κ1) is 21.3. The summed E-state index contributed by atoms with van der Waals surface area (Å²) in [5, 5.41) is 2.91. The molecule has 30 heavy (non-hydrogen) atoms. The number of ether oxygens (including phenoxy) is 3. The number of nitrogens with one attached hydrogen (secondary N) is 1. The Hall–Kier alpha value is -3.38. The summed E-state index contributed by atoms with van der Waals surface area (Å²) >= 11 is 0. The van der Waals surface area contributed by atoms with Crippen LogP contribution in [-0.2, 0) is 11.2 Å². The van der Waals surface area contributed by atoms with Gasteiger partial charge in [-0.3, -0.25) is 9.78 Å². The number of anilines is 1. The van der Waals surface area contributed by atoms with E-state index in [1.807, 2.05) is 62.4 Å². The predicted octanol–water partition coefficient (Wildman–Crippen LogP) is 5.02. The summed E-state index contributed by atoms with van der Waals surface area (Å²) < 4.78 is 16.5. The maximum atomic E-state index is 12.8. The summed E-state index contributed by atoms with van der Waals surface area (Å²) in [5.74, 6) is 1.61. The van der Waals surface area contributed by atoms with Crippen LogP contribution in [0, 0.1) is 6.92 Å². The minimum Gasteiger partial charge on any atom is -0.493 e. The lowest BCUT2D eigenvalue weighted by molar-refractivity contribution is 0.102. The summed E-state index contributed by atoms with van der Waals surface area (Å²) in [4.78, 5) is 17.3. The minimum atomic E-state index is -0.221. The Bertz CT molecular complexity index is 1020. The van der Waals surface area contributed by atoms with Crippen molar-refractivity contribution < 1.29 is 19.0 Å². The monoisotopic (exact) mass is 406 g/mol. The first-order valence-corrected chi connectivity index (χ1v) is 9.71. The van der Waals surface area contributed by atoms with Crippen LogP contribution in [0.4, 0.5) is 5.69 Å². The standard InChI is InChI=1S/C24H26N2O4/c1-16(28-3)14-19-12-13-21(17(2)25-19)24(27)26-18-8-7-9-20(15-18)30-23-11-6-5-10-22(23)29-4/h5-13,15-16H,14H2,1-4H3,(H,26,27). The quantitative estimate of drug-likeness (QED) is 0.569. The number of amides is 1. The molecule has 0 fully saturated rings. The number of nitrogens with zero attached hydrogens (tertiary/aromatic N) is 1. The van der Waals surface area contributed by atoms with Crippen LogP contribution in [0.5, 0.6) is 17.2 Å². The Morgan fingerprint density at radius 1 is 1.03 bits per heavy atom. The number of pyridine rings is 1. The van der Waals surface area contributed by atoms with Crippen molar-refractivity contribution in [1.29, 1.82) is 0 Å². The third-order valence-corrected chi connectivity index (χ3v) is 4.68. The highest BCUT2D eigenvalue weighted by Gasteiger charge is 2.13. The Kier molecular flexibility index (Phi) is 7.03. The molecule has 0 aliphatic carbocycles. The summed E-state index contributed by atoms with van der Waals surface area (Å²) in [5.41, 5.74) is 2.73. The molecule has 6 nitrogen and oxygen atoms in total. The van der Waals surface area contributed by atoms with Gasteiger partial charge in [0.2, 0.25) is 0 Å². The van der Waals surface area contributed by atoms with Crippen molar-refractivity contribution in [3.63, 3.8) is 0 Å². The van der Waals surface area contributed by atoms with Crippen LogP contribution in [0.3, 0.4) is 0 Å². The zero-order chi connectivity index (χ0) is 21.5. The van der Waals surface area contributed by atoms with Gasteiger partial charge >= 0.3 is 0 Å². The SMILES string of the molecule is COc1ccccc1Oc1cccc(NC(=O)c2ccc(CC(C)OC)nc2C)c1. The molecule has 3 rings (SSSR count). The summed E-state index contributed by atoms with van der Waals surface area (Å²) in [6, 6.07) is 18.3. The fourth-order valence-corrected chi connectivity index (χ4v) is 3.01. The van der Waals surface area contributed by atoms with Crippen LogP contribution >= 0.6 is 0 Å². The van der Waals surface area contributed by atoms with Gasteiger partial charge in [0, 0.05) is 31.0 Å². The van der Waals surface area contributed by atoms with Crippen molar-refractivity contribution in [1.82, 2.24) is 4.98 Å². The average Bonchev–Trinajstić information content (AvgIpc) is 2.74. The van der Waals surface area contributed by atoms with Gasteiger partial charge in [-0.1, -0.05) is 18.2 Å². The number of carbonyl (C=O) groups excluding carboxylic acids is 1. The molecule has 0 radical (unpaired) electrons. The molecule has 0 aliphatic rings. The first-order valence-electron chi connectivity index (χ1n) is 9.71. The third-order valence-electron chi connectivity index (χ3n) is 4.68. The maximum absolute atomic E-state index is 12.8. The van der Waals surface area contributed by atoms with Crippen molar-refractivity contribution in [2.24, 2.45) is 0 Å². The van der Waals surface area contributed by atoms with E-state index < -0.39 is 0 Å². The Morgan fingerprint density at radius 2 is 1.80 bits per heavy atom. The molecule has 1 unspecified atom stereocenters. The molecular formula is C24H26N2O4. The molecule has 1 atom stereocenters. The van der Waals surface area contributed by atoms with Gasteiger partial charge in [0.15, 0.2) is 11.5 Å². The zero-order valence-corrected chi connectivity index (χ0v) is 17.6. The second-order valence-corrected chi connectivity index (χ2v) is 6.92. The number of hydrogen-bond acceptors (Lipinski definition) is 5. The number of methoxy groups -OCH3 is 2. The highest BCUT2D eigenvalue weighted by atomic mass is 16.5. The minimum absolute atomic E-state index is 0.0718. The van der Waals surface area contributed by atoms with Crippen LogP contribution in [-0.4, -0.2) is 31.2 Å². The van der Waals surface area contributed by atoms with Gasteiger partial charge in [0.25, 0.3) is 5.91 Å². The maximum Gasteiger partial charge on any atom is 0.257 e. The Labute approximate surface area is 176 Å². The number of aromatic nitrogens is 1. The molecule has 3 aromatic rings. The third kappa shape index (κ3) is 5.36. The van der Waals surface area contributed by atoms with Crippen LogP contribution in [0.25, 0.3) is 0 Å². The highest BCUT2D eigenvalue weighted by Crippen LogP contribution is 2.32. The zero-order valence-electron chi connectivity index (χ0n) is 17.6. The molecule has 0 saturated heterocycles. The van der Waals surface area contributed by atoms with Crippen LogP contribution in [0.2, 0.25) is 0 Å². The fraction of sp³-hybridized carbons (Fsp3) is 0.250. The van der Waals surface area contributed by atoms with E-state index in [-0.39, 0.29) is 12.0 Å². The smallest absolute Gasteiger partial charge is 0.257 e. The van der Waals surface area contributed by atoms with Gasteiger partial charge in [-0.15, -0.1) is 0 Å². The molecule has 0 saturated carbocycles. The molecule has 1 heterocycles.